The predicted molar refractivity (Wildman–Crippen MR) is 117 cm³/mol. The number of likely N-dealkylation sites (tertiary alicyclic amines) is 1. The zero-order chi connectivity index (χ0) is 20.6. The average molecular weight is 411 g/mol. The quantitative estimate of drug-likeness (QED) is 0.659. The summed E-state index contributed by atoms with van der Waals surface area (Å²) >= 11 is 6.14. The smallest absolute Gasteiger partial charge is 0.319 e. The number of halogens is 1. The van der Waals surface area contributed by atoms with Crippen molar-refractivity contribution in [3.05, 3.63) is 64.7 Å². The van der Waals surface area contributed by atoms with E-state index in [9.17, 15) is 4.79 Å². The van der Waals surface area contributed by atoms with E-state index in [1.165, 1.54) is 5.56 Å². The summed E-state index contributed by atoms with van der Waals surface area (Å²) in [6.07, 6.45) is 3.16. The van der Waals surface area contributed by atoms with Gasteiger partial charge in [-0.05, 0) is 74.5 Å². The molecule has 2 unspecified atom stereocenters. The predicted octanol–water partition coefficient (Wildman–Crippen LogP) is 4.99. The third-order valence-electron chi connectivity index (χ3n) is 5.49. The van der Waals surface area contributed by atoms with Gasteiger partial charge >= 0.3 is 6.03 Å². The van der Waals surface area contributed by atoms with Crippen molar-refractivity contribution in [1.82, 2.24) is 10.2 Å². The number of amides is 2. The number of urea groups is 1. The largest absolute Gasteiger partial charge is 0.338 e. The molecule has 1 aliphatic rings. The molecule has 152 valence electrons. The number of nitrogens with one attached hydrogen (secondary N) is 2. The topological polar surface area (TPSA) is 68.2 Å². The van der Waals surface area contributed by atoms with Crippen molar-refractivity contribution < 1.29 is 4.79 Å². The Kier molecular flexibility index (Phi) is 7.51. The van der Waals surface area contributed by atoms with E-state index in [0.717, 1.165) is 37.4 Å². The summed E-state index contributed by atoms with van der Waals surface area (Å²) in [6.45, 7) is 4.92. The average Bonchev–Trinajstić information content (AvgIpc) is 2.72. The fourth-order valence-electron chi connectivity index (χ4n) is 3.94. The van der Waals surface area contributed by atoms with Crippen LogP contribution in [0.15, 0.2) is 48.5 Å². The number of anilines is 1. The van der Waals surface area contributed by atoms with Crippen molar-refractivity contribution in [1.29, 1.82) is 5.26 Å². The molecule has 0 aliphatic carbocycles. The van der Waals surface area contributed by atoms with Crippen LogP contribution in [0.1, 0.15) is 43.2 Å². The molecule has 0 bridgehead atoms. The van der Waals surface area contributed by atoms with Crippen molar-refractivity contribution in [2.45, 2.75) is 38.1 Å². The maximum atomic E-state index is 12.0. The van der Waals surface area contributed by atoms with Crippen molar-refractivity contribution in [2.24, 2.45) is 0 Å². The van der Waals surface area contributed by atoms with Gasteiger partial charge < -0.3 is 15.5 Å². The number of nitriles is 1. The lowest BCUT2D eigenvalue weighted by Crippen LogP contribution is -2.41. The van der Waals surface area contributed by atoms with Crippen LogP contribution in [0.5, 0.6) is 0 Å². The molecule has 2 aromatic rings. The number of nitrogens with zero attached hydrogens (tertiary/aromatic N) is 2. The molecule has 5 nitrogen and oxygen atoms in total. The van der Waals surface area contributed by atoms with Crippen LogP contribution in [0, 0.1) is 11.3 Å². The van der Waals surface area contributed by atoms with E-state index in [4.69, 9.17) is 16.9 Å². The van der Waals surface area contributed by atoms with Crippen molar-refractivity contribution >= 4 is 23.3 Å². The number of carbonyl (C=O) groups excluding carboxylic acids is 1. The van der Waals surface area contributed by atoms with Gasteiger partial charge in [-0.1, -0.05) is 29.8 Å². The fraction of sp³-hybridized carbons (Fsp3) is 0.391. The third-order valence-corrected chi connectivity index (χ3v) is 5.73. The lowest BCUT2D eigenvalue weighted by Gasteiger charge is -2.38. The molecule has 3 rings (SSSR count). The lowest BCUT2D eigenvalue weighted by molar-refractivity contribution is 0.145. The van der Waals surface area contributed by atoms with E-state index in [1.54, 1.807) is 24.3 Å². The number of hydrogen-bond acceptors (Lipinski definition) is 3. The molecule has 2 N–H and O–H groups in total. The maximum Gasteiger partial charge on any atom is 0.319 e. The van der Waals surface area contributed by atoms with E-state index in [1.807, 2.05) is 12.1 Å². The lowest BCUT2D eigenvalue weighted by atomic mass is 9.86. The van der Waals surface area contributed by atoms with E-state index >= 15 is 0 Å². The summed E-state index contributed by atoms with van der Waals surface area (Å²) in [4.78, 5) is 14.5. The molecule has 29 heavy (non-hydrogen) atoms. The van der Waals surface area contributed by atoms with Gasteiger partial charge in [-0.3, -0.25) is 0 Å². The van der Waals surface area contributed by atoms with Crippen molar-refractivity contribution in [3.8, 4) is 6.07 Å². The molecule has 2 amide bonds. The fourth-order valence-corrected chi connectivity index (χ4v) is 4.14. The number of carbonyl (C=O) groups is 1. The Balaban J connectivity index is 1.37. The van der Waals surface area contributed by atoms with E-state index in [0.29, 0.717) is 29.8 Å². The summed E-state index contributed by atoms with van der Waals surface area (Å²) < 4.78 is 0. The van der Waals surface area contributed by atoms with Crippen LogP contribution in [0.2, 0.25) is 5.02 Å². The number of benzene rings is 2. The van der Waals surface area contributed by atoms with Gasteiger partial charge in [0.25, 0.3) is 0 Å². The van der Waals surface area contributed by atoms with E-state index < -0.39 is 0 Å². The first-order valence-electron chi connectivity index (χ1n) is 10.1. The molecule has 1 fully saturated rings. The molecule has 0 saturated carbocycles. The van der Waals surface area contributed by atoms with Crippen LogP contribution >= 0.6 is 11.6 Å². The molecule has 0 aromatic heterocycles. The van der Waals surface area contributed by atoms with Gasteiger partial charge in [0.2, 0.25) is 0 Å². The molecule has 0 spiro atoms. The molecule has 1 heterocycles. The maximum absolute atomic E-state index is 12.0. The summed E-state index contributed by atoms with van der Waals surface area (Å²) in [6, 6.07) is 17.4. The van der Waals surface area contributed by atoms with Crippen molar-refractivity contribution in [3.63, 3.8) is 0 Å². The summed E-state index contributed by atoms with van der Waals surface area (Å²) in [7, 11) is 0. The first kappa shape index (κ1) is 21.2. The highest BCUT2D eigenvalue weighted by atomic mass is 35.5. The number of rotatable bonds is 6. The molecular weight excluding hydrogens is 384 g/mol. The highest BCUT2D eigenvalue weighted by molar-refractivity contribution is 6.30. The molecule has 6 heteroatoms. The first-order chi connectivity index (χ1) is 14.0. The van der Waals surface area contributed by atoms with Crippen LogP contribution in [0.4, 0.5) is 10.5 Å². The first-order valence-corrected chi connectivity index (χ1v) is 10.5. The van der Waals surface area contributed by atoms with Crippen molar-refractivity contribution in [2.75, 3.05) is 25.0 Å². The Hall–Kier alpha value is -2.55. The zero-order valence-electron chi connectivity index (χ0n) is 16.7. The van der Waals surface area contributed by atoms with Gasteiger partial charge in [-0.25, -0.2) is 4.79 Å². The monoisotopic (exact) mass is 410 g/mol. The third kappa shape index (κ3) is 6.22. The van der Waals surface area contributed by atoms with Crippen LogP contribution < -0.4 is 10.6 Å². The van der Waals surface area contributed by atoms with Gasteiger partial charge in [0.05, 0.1) is 11.6 Å². The van der Waals surface area contributed by atoms with E-state index in [-0.39, 0.29) is 6.03 Å². The second-order valence-corrected chi connectivity index (χ2v) is 8.02. The van der Waals surface area contributed by atoms with Gasteiger partial charge in [0.15, 0.2) is 0 Å². The van der Waals surface area contributed by atoms with E-state index in [2.05, 4.69) is 40.7 Å². The van der Waals surface area contributed by atoms with Gasteiger partial charge in [0.1, 0.15) is 0 Å². The Bertz CT molecular complexity index is 879. The molecule has 2 atom stereocenters. The normalized spacial score (nSPS) is 19.3. The molecule has 1 saturated heterocycles. The minimum Gasteiger partial charge on any atom is -0.338 e. The second kappa shape index (κ2) is 10.3. The van der Waals surface area contributed by atoms with Gasteiger partial charge in [-0.15, -0.1) is 0 Å². The molecule has 0 radical (unpaired) electrons. The molecular formula is C23H27ClN4O. The standard InChI is InChI=1S/C23H27ClN4O/c1-17-13-20(19-6-3-7-21(24)15-19)9-12-28(17)11-4-10-26-23(29)27-22-8-2-5-18(14-22)16-25/h2-3,5-8,14-15,17,20H,4,9-13H2,1H3,(H2,26,27,29). The summed E-state index contributed by atoms with van der Waals surface area (Å²) in [5.74, 6) is 0.563. The van der Waals surface area contributed by atoms with Crippen LogP contribution in [0.25, 0.3) is 0 Å². The zero-order valence-corrected chi connectivity index (χ0v) is 17.5. The number of hydrogen-bond donors (Lipinski definition) is 2. The Morgan fingerprint density at radius 2 is 2.10 bits per heavy atom. The SMILES string of the molecule is CC1CC(c2cccc(Cl)c2)CCN1CCCNC(=O)Nc1cccc(C#N)c1. The number of piperidine rings is 1. The summed E-state index contributed by atoms with van der Waals surface area (Å²) in [5, 5.41) is 15.4. The van der Waals surface area contributed by atoms with Crippen LogP contribution in [-0.4, -0.2) is 36.6 Å². The Morgan fingerprint density at radius 1 is 1.28 bits per heavy atom. The Morgan fingerprint density at radius 3 is 2.86 bits per heavy atom. The highest BCUT2D eigenvalue weighted by Crippen LogP contribution is 2.32. The van der Waals surface area contributed by atoms with Gasteiger partial charge in [0, 0.05) is 29.8 Å². The summed E-state index contributed by atoms with van der Waals surface area (Å²) in [5.41, 5.74) is 2.49. The Labute approximate surface area is 177 Å². The van der Waals surface area contributed by atoms with Gasteiger partial charge in [-0.2, -0.15) is 5.26 Å². The van der Waals surface area contributed by atoms with Crippen LogP contribution in [0.3, 0.4) is 0 Å². The molecule has 1 aliphatic heterocycles. The molecule has 2 aromatic carbocycles. The second-order valence-electron chi connectivity index (χ2n) is 7.59. The minimum atomic E-state index is -0.243. The minimum absolute atomic E-state index is 0.243. The van der Waals surface area contributed by atoms with Crippen LogP contribution in [-0.2, 0) is 0 Å². The highest BCUT2D eigenvalue weighted by Gasteiger charge is 2.26.